The molecule has 226 valence electrons. The molecular formula is C33H33F7O2. The topological polar surface area (TPSA) is 18.5 Å². The molecule has 4 rings (SSSR count). The number of ether oxygens (including phenoxy) is 2. The molecule has 2 nitrogen and oxygen atoms in total. The zero-order chi connectivity index (χ0) is 30.3. The van der Waals surface area contributed by atoms with Crippen LogP contribution in [-0.2, 0) is 12.5 Å². The number of benzene rings is 3. The van der Waals surface area contributed by atoms with Gasteiger partial charge in [-0.15, -0.1) is 0 Å². The van der Waals surface area contributed by atoms with Gasteiger partial charge in [0.1, 0.15) is 11.6 Å². The maximum absolute atomic E-state index is 14.9. The van der Waals surface area contributed by atoms with Crippen molar-refractivity contribution in [1.82, 2.24) is 0 Å². The Kier molecular flexibility index (Phi) is 10.6. The minimum absolute atomic E-state index is 0.0455. The third-order valence-electron chi connectivity index (χ3n) is 7.69. The summed E-state index contributed by atoms with van der Waals surface area (Å²) in [6.45, 7) is 2.20. The summed E-state index contributed by atoms with van der Waals surface area (Å²) in [4.78, 5) is 0. The molecular weight excluding hydrogens is 561 g/mol. The Bertz CT molecular complexity index is 1320. The molecule has 0 bridgehead atoms. The molecule has 9 heteroatoms. The SMILES string of the molecule is CCCC1CCC(CCc2ccc(C(F)(F)Oc3ccc(-c4cc(F)c(O/C=C/C(F)F)c(F)c4)cc3)c(F)c2)CC1. The van der Waals surface area contributed by atoms with Gasteiger partial charge in [0.15, 0.2) is 17.4 Å². The van der Waals surface area contributed by atoms with E-state index in [1.807, 2.05) is 0 Å². The Morgan fingerprint density at radius 2 is 1.43 bits per heavy atom. The van der Waals surface area contributed by atoms with Gasteiger partial charge in [0.25, 0.3) is 6.43 Å². The van der Waals surface area contributed by atoms with Crippen LogP contribution in [0.5, 0.6) is 11.5 Å². The number of alkyl halides is 4. The van der Waals surface area contributed by atoms with Crippen molar-refractivity contribution in [2.45, 2.75) is 70.8 Å². The molecule has 0 amide bonds. The van der Waals surface area contributed by atoms with Crippen molar-refractivity contribution in [2.24, 2.45) is 11.8 Å². The van der Waals surface area contributed by atoms with E-state index in [-0.39, 0.29) is 16.9 Å². The van der Waals surface area contributed by atoms with Gasteiger partial charge in [0.2, 0.25) is 0 Å². The van der Waals surface area contributed by atoms with Gasteiger partial charge in [-0.1, -0.05) is 63.6 Å². The standard InChI is InChI=1S/C33H33F7O2/c1-2-3-21-4-6-22(7-5-21)8-9-23-10-15-27(28(34)18-23)33(39,40)42-26-13-11-24(12-14-26)25-19-29(35)32(30(36)20-25)41-17-16-31(37)38/h10-22,31H,2-9H2,1H3/b17-16+. The highest BCUT2D eigenvalue weighted by Crippen LogP contribution is 2.37. The van der Waals surface area contributed by atoms with E-state index in [9.17, 15) is 30.7 Å². The van der Waals surface area contributed by atoms with Crippen LogP contribution in [0.15, 0.2) is 66.9 Å². The van der Waals surface area contributed by atoms with Crippen molar-refractivity contribution in [3.8, 4) is 22.6 Å². The first-order valence-electron chi connectivity index (χ1n) is 14.1. The summed E-state index contributed by atoms with van der Waals surface area (Å²) in [6, 6.07) is 10.4. The molecule has 0 aromatic heterocycles. The summed E-state index contributed by atoms with van der Waals surface area (Å²) in [5, 5.41) is 0. The van der Waals surface area contributed by atoms with Gasteiger partial charge in [-0.2, -0.15) is 8.78 Å². The minimum Gasteiger partial charge on any atom is -0.459 e. The Morgan fingerprint density at radius 1 is 0.810 bits per heavy atom. The van der Waals surface area contributed by atoms with Crippen LogP contribution in [0.3, 0.4) is 0 Å². The summed E-state index contributed by atoms with van der Waals surface area (Å²) in [5.74, 6) is -3.13. The van der Waals surface area contributed by atoms with Gasteiger partial charge in [-0.05, 0) is 77.8 Å². The lowest BCUT2D eigenvalue weighted by Gasteiger charge is -2.28. The van der Waals surface area contributed by atoms with Gasteiger partial charge in [-0.3, -0.25) is 0 Å². The molecule has 0 N–H and O–H groups in total. The number of rotatable bonds is 12. The lowest BCUT2D eigenvalue weighted by molar-refractivity contribution is -0.187. The molecule has 42 heavy (non-hydrogen) atoms. The first-order chi connectivity index (χ1) is 20.1. The summed E-state index contributed by atoms with van der Waals surface area (Å²) in [6.07, 6.45) is 2.70. The summed E-state index contributed by atoms with van der Waals surface area (Å²) < 4.78 is 107. The van der Waals surface area contributed by atoms with Crippen molar-refractivity contribution >= 4 is 0 Å². The van der Waals surface area contributed by atoms with Gasteiger partial charge in [0.05, 0.1) is 11.8 Å². The highest BCUT2D eigenvalue weighted by molar-refractivity contribution is 5.65. The molecule has 1 saturated carbocycles. The average molecular weight is 595 g/mol. The molecule has 0 radical (unpaired) electrons. The molecule has 0 heterocycles. The van der Waals surface area contributed by atoms with Crippen LogP contribution >= 0.6 is 0 Å². The smallest absolute Gasteiger partial charge is 0.429 e. The van der Waals surface area contributed by atoms with E-state index in [0.29, 0.717) is 30.2 Å². The zero-order valence-electron chi connectivity index (χ0n) is 23.2. The van der Waals surface area contributed by atoms with Crippen molar-refractivity contribution in [2.75, 3.05) is 0 Å². The fourth-order valence-corrected chi connectivity index (χ4v) is 5.46. The summed E-state index contributed by atoms with van der Waals surface area (Å²) >= 11 is 0. The fourth-order valence-electron chi connectivity index (χ4n) is 5.46. The van der Waals surface area contributed by atoms with E-state index < -0.39 is 41.3 Å². The molecule has 3 aromatic rings. The maximum atomic E-state index is 14.9. The molecule has 1 aliphatic rings. The van der Waals surface area contributed by atoms with Crippen LogP contribution in [0.2, 0.25) is 0 Å². The van der Waals surface area contributed by atoms with Crippen molar-refractivity contribution in [3.63, 3.8) is 0 Å². The minimum atomic E-state index is -3.97. The third kappa shape index (κ3) is 8.29. The zero-order valence-corrected chi connectivity index (χ0v) is 23.2. The van der Waals surface area contributed by atoms with Crippen LogP contribution in [0.4, 0.5) is 30.7 Å². The van der Waals surface area contributed by atoms with E-state index in [1.165, 1.54) is 43.9 Å². The molecule has 1 fully saturated rings. The third-order valence-corrected chi connectivity index (χ3v) is 7.69. The first-order valence-corrected chi connectivity index (χ1v) is 14.1. The molecule has 0 saturated heterocycles. The second-order valence-corrected chi connectivity index (χ2v) is 10.7. The molecule has 0 unspecified atom stereocenters. The largest absolute Gasteiger partial charge is 0.459 e. The number of aryl methyl sites for hydroxylation is 1. The second kappa shape index (κ2) is 14.1. The highest BCUT2D eigenvalue weighted by atomic mass is 19.3. The van der Waals surface area contributed by atoms with Gasteiger partial charge >= 0.3 is 6.11 Å². The van der Waals surface area contributed by atoms with Gasteiger partial charge in [0, 0.05) is 6.08 Å². The van der Waals surface area contributed by atoms with E-state index in [1.54, 1.807) is 0 Å². The fraction of sp³-hybridized carbons (Fsp3) is 0.394. The average Bonchev–Trinajstić information content (AvgIpc) is 2.94. The highest BCUT2D eigenvalue weighted by Gasteiger charge is 2.37. The molecule has 3 aromatic carbocycles. The maximum Gasteiger partial charge on any atom is 0.429 e. The lowest BCUT2D eigenvalue weighted by Crippen LogP contribution is -2.23. The van der Waals surface area contributed by atoms with Crippen LogP contribution in [0.1, 0.15) is 63.0 Å². The normalized spacial score (nSPS) is 17.6. The Labute approximate surface area is 241 Å². The molecule has 0 atom stereocenters. The number of allylic oxidation sites excluding steroid dienone is 1. The van der Waals surface area contributed by atoms with E-state index >= 15 is 0 Å². The van der Waals surface area contributed by atoms with E-state index in [2.05, 4.69) is 11.7 Å². The Balaban J connectivity index is 1.37. The van der Waals surface area contributed by atoms with Crippen LogP contribution in [-0.4, -0.2) is 6.43 Å². The predicted octanol–water partition coefficient (Wildman–Crippen LogP) is 10.6. The number of hydrogen-bond donors (Lipinski definition) is 0. The van der Waals surface area contributed by atoms with Crippen LogP contribution in [0, 0.1) is 29.3 Å². The monoisotopic (exact) mass is 594 g/mol. The lowest BCUT2D eigenvalue weighted by atomic mass is 9.78. The Hall–Kier alpha value is -3.49. The quantitative estimate of drug-likeness (QED) is 0.153. The first kappa shape index (κ1) is 31.4. The van der Waals surface area contributed by atoms with Crippen molar-refractivity contribution < 1.29 is 40.2 Å². The molecule has 0 aliphatic heterocycles. The molecule has 0 spiro atoms. The van der Waals surface area contributed by atoms with Crippen molar-refractivity contribution in [1.29, 1.82) is 0 Å². The molecule has 1 aliphatic carbocycles. The summed E-state index contributed by atoms with van der Waals surface area (Å²) in [7, 11) is 0. The second-order valence-electron chi connectivity index (χ2n) is 10.7. The predicted molar refractivity (Wildman–Crippen MR) is 147 cm³/mol. The van der Waals surface area contributed by atoms with Crippen LogP contribution in [0.25, 0.3) is 11.1 Å². The number of hydrogen-bond acceptors (Lipinski definition) is 2. The van der Waals surface area contributed by atoms with E-state index in [4.69, 9.17) is 4.74 Å². The summed E-state index contributed by atoms with van der Waals surface area (Å²) in [5.41, 5.74) is 0.0701. The van der Waals surface area contributed by atoms with Crippen LogP contribution < -0.4 is 9.47 Å². The van der Waals surface area contributed by atoms with Gasteiger partial charge in [-0.25, -0.2) is 22.0 Å². The van der Waals surface area contributed by atoms with Crippen molar-refractivity contribution in [3.05, 3.63) is 95.5 Å². The van der Waals surface area contributed by atoms with E-state index in [0.717, 1.165) is 61.6 Å². The number of halogens is 7. The van der Waals surface area contributed by atoms with Gasteiger partial charge < -0.3 is 9.47 Å². The Morgan fingerprint density at radius 3 is 2.00 bits per heavy atom.